The van der Waals surface area contributed by atoms with E-state index in [2.05, 4.69) is 5.32 Å². The molecule has 0 unspecified atom stereocenters. The summed E-state index contributed by atoms with van der Waals surface area (Å²) in [6.07, 6.45) is 0.866. The molecular weight excluding hydrogens is 324 g/mol. The fraction of sp³-hybridized carbons (Fsp3) is 0.364. The highest BCUT2D eigenvalue weighted by atomic mass is 16.2. The Kier molecular flexibility index (Phi) is 7.39. The molecule has 0 saturated heterocycles. The van der Waals surface area contributed by atoms with E-state index in [1.54, 1.807) is 4.90 Å². The predicted octanol–water partition coefficient (Wildman–Crippen LogP) is 3.56. The molecule has 0 bridgehead atoms. The summed E-state index contributed by atoms with van der Waals surface area (Å²) in [6, 6.07) is 19.1. The highest BCUT2D eigenvalue weighted by molar-refractivity contribution is 5.88. The van der Waals surface area contributed by atoms with Crippen molar-refractivity contribution in [2.24, 2.45) is 0 Å². The zero-order valence-electron chi connectivity index (χ0n) is 15.8. The van der Waals surface area contributed by atoms with Crippen LogP contribution < -0.4 is 5.32 Å². The van der Waals surface area contributed by atoms with E-state index in [-0.39, 0.29) is 17.9 Å². The Morgan fingerprint density at radius 1 is 0.923 bits per heavy atom. The average Bonchev–Trinajstić information content (AvgIpc) is 2.65. The second-order valence-electron chi connectivity index (χ2n) is 6.73. The maximum atomic E-state index is 12.9. The number of nitrogens with zero attached hydrogens (tertiary/aromatic N) is 1. The Morgan fingerprint density at radius 2 is 1.46 bits per heavy atom. The molecule has 2 amide bonds. The van der Waals surface area contributed by atoms with Gasteiger partial charge in [-0.3, -0.25) is 9.59 Å². The van der Waals surface area contributed by atoms with Crippen molar-refractivity contribution in [3.63, 3.8) is 0 Å². The van der Waals surface area contributed by atoms with Crippen LogP contribution in [-0.4, -0.2) is 28.8 Å². The van der Waals surface area contributed by atoms with Gasteiger partial charge < -0.3 is 10.2 Å². The van der Waals surface area contributed by atoms with Gasteiger partial charge in [0, 0.05) is 25.4 Å². The fourth-order valence-corrected chi connectivity index (χ4v) is 2.92. The zero-order chi connectivity index (χ0) is 18.9. The molecule has 0 radical (unpaired) electrons. The van der Waals surface area contributed by atoms with Crippen molar-refractivity contribution in [1.29, 1.82) is 0 Å². The van der Waals surface area contributed by atoms with Crippen molar-refractivity contribution < 1.29 is 9.59 Å². The number of nitrogens with one attached hydrogen (secondary N) is 1. The van der Waals surface area contributed by atoms with Crippen LogP contribution in [-0.2, 0) is 22.6 Å². The third-order valence-electron chi connectivity index (χ3n) is 4.20. The van der Waals surface area contributed by atoms with E-state index in [4.69, 9.17) is 0 Å². The van der Waals surface area contributed by atoms with E-state index >= 15 is 0 Å². The molecule has 138 valence electrons. The lowest BCUT2D eigenvalue weighted by molar-refractivity contribution is -0.141. The van der Waals surface area contributed by atoms with Crippen LogP contribution in [0.25, 0.3) is 0 Å². The van der Waals surface area contributed by atoms with Crippen LogP contribution in [0.1, 0.15) is 38.3 Å². The Balaban J connectivity index is 2.32. The van der Waals surface area contributed by atoms with Gasteiger partial charge in [0.1, 0.15) is 6.04 Å². The van der Waals surface area contributed by atoms with E-state index < -0.39 is 6.04 Å². The molecule has 2 aromatic rings. The Hall–Kier alpha value is -2.62. The summed E-state index contributed by atoms with van der Waals surface area (Å²) in [4.78, 5) is 27.3. The molecular formula is C22H28N2O2. The molecule has 1 N–H and O–H groups in total. The second-order valence-corrected chi connectivity index (χ2v) is 6.73. The Morgan fingerprint density at radius 3 is 1.96 bits per heavy atom. The number of amides is 2. The Labute approximate surface area is 156 Å². The third kappa shape index (κ3) is 5.73. The first kappa shape index (κ1) is 19.7. The van der Waals surface area contributed by atoms with E-state index in [0.29, 0.717) is 19.4 Å². The molecule has 26 heavy (non-hydrogen) atoms. The van der Waals surface area contributed by atoms with Crippen LogP contribution in [0, 0.1) is 0 Å². The van der Waals surface area contributed by atoms with Gasteiger partial charge >= 0.3 is 0 Å². The zero-order valence-corrected chi connectivity index (χ0v) is 15.8. The summed E-state index contributed by atoms with van der Waals surface area (Å²) in [7, 11) is 0. The number of carbonyl (C=O) groups excluding carboxylic acids is 2. The first-order valence-electron chi connectivity index (χ1n) is 9.19. The third-order valence-corrected chi connectivity index (χ3v) is 4.20. The van der Waals surface area contributed by atoms with Crippen LogP contribution in [0.3, 0.4) is 0 Å². The van der Waals surface area contributed by atoms with Gasteiger partial charge in [-0.1, -0.05) is 67.6 Å². The fourth-order valence-electron chi connectivity index (χ4n) is 2.92. The SMILES string of the molecule is CCC(=O)N(Cc1ccccc1)[C@H](Cc1ccccc1)C(=O)NC(C)C. The largest absolute Gasteiger partial charge is 0.352 e. The normalized spacial score (nSPS) is 11.8. The summed E-state index contributed by atoms with van der Waals surface area (Å²) < 4.78 is 0. The monoisotopic (exact) mass is 352 g/mol. The molecule has 0 aliphatic heterocycles. The lowest BCUT2D eigenvalue weighted by Crippen LogP contribution is -2.51. The van der Waals surface area contributed by atoms with Crippen molar-refractivity contribution in [3.05, 3.63) is 71.8 Å². The molecule has 0 aliphatic carbocycles. The lowest BCUT2D eigenvalue weighted by Gasteiger charge is -2.32. The van der Waals surface area contributed by atoms with Gasteiger partial charge in [0.15, 0.2) is 0 Å². The topological polar surface area (TPSA) is 49.4 Å². The van der Waals surface area contributed by atoms with E-state index in [1.807, 2.05) is 81.4 Å². The molecule has 2 aromatic carbocycles. The minimum absolute atomic E-state index is 0.0197. The maximum absolute atomic E-state index is 12.9. The van der Waals surface area contributed by atoms with Crippen molar-refractivity contribution >= 4 is 11.8 Å². The molecule has 4 nitrogen and oxygen atoms in total. The van der Waals surface area contributed by atoms with E-state index in [1.165, 1.54) is 0 Å². The lowest BCUT2D eigenvalue weighted by atomic mass is 10.0. The van der Waals surface area contributed by atoms with Gasteiger partial charge in [-0.2, -0.15) is 0 Å². The number of rotatable bonds is 8. The van der Waals surface area contributed by atoms with Crippen molar-refractivity contribution in [2.45, 2.75) is 52.2 Å². The first-order valence-corrected chi connectivity index (χ1v) is 9.19. The highest BCUT2D eigenvalue weighted by Gasteiger charge is 2.29. The predicted molar refractivity (Wildman–Crippen MR) is 104 cm³/mol. The molecule has 0 aliphatic rings. The quantitative estimate of drug-likeness (QED) is 0.790. The van der Waals surface area contributed by atoms with Crippen LogP contribution >= 0.6 is 0 Å². The Bertz CT molecular complexity index is 699. The van der Waals surface area contributed by atoms with Gasteiger partial charge in [0.2, 0.25) is 11.8 Å². The minimum Gasteiger partial charge on any atom is -0.352 e. The summed E-state index contributed by atoms with van der Waals surface area (Å²) in [5, 5.41) is 2.98. The van der Waals surface area contributed by atoms with Gasteiger partial charge in [0.05, 0.1) is 0 Å². The molecule has 1 atom stereocenters. The molecule has 2 rings (SSSR count). The average molecular weight is 352 g/mol. The van der Waals surface area contributed by atoms with Gasteiger partial charge in [-0.15, -0.1) is 0 Å². The number of carbonyl (C=O) groups is 2. The molecule has 0 aromatic heterocycles. The minimum atomic E-state index is -0.535. The molecule has 0 heterocycles. The second kappa shape index (κ2) is 9.76. The summed E-state index contributed by atoms with van der Waals surface area (Å²) in [5.41, 5.74) is 2.06. The molecule has 0 fully saturated rings. The highest BCUT2D eigenvalue weighted by Crippen LogP contribution is 2.15. The van der Waals surface area contributed by atoms with Gasteiger partial charge in [0.25, 0.3) is 0 Å². The number of hydrogen-bond donors (Lipinski definition) is 1. The van der Waals surface area contributed by atoms with Crippen LogP contribution in [0.4, 0.5) is 0 Å². The van der Waals surface area contributed by atoms with Crippen LogP contribution in [0.15, 0.2) is 60.7 Å². The molecule has 4 heteroatoms. The molecule has 0 saturated carbocycles. The van der Waals surface area contributed by atoms with Gasteiger partial charge in [-0.05, 0) is 25.0 Å². The van der Waals surface area contributed by atoms with Crippen LogP contribution in [0.5, 0.6) is 0 Å². The molecule has 0 spiro atoms. The standard InChI is InChI=1S/C22H28N2O2/c1-4-21(25)24(16-19-13-9-6-10-14-19)20(22(26)23-17(2)3)15-18-11-7-5-8-12-18/h5-14,17,20H,4,15-16H2,1-3H3,(H,23,26)/t20-/m1/s1. The number of hydrogen-bond acceptors (Lipinski definition) is 2. The van der Waals surface area contributed by atoms with Gasteiger partial charge in [-0.25, -0.2) is 0 Å². The van der Waals surface area contributed by atoms with Crippen LogP contribution in [0.2, 0.25) is 0 Å². The van der Waals surface area contributed by atoms with Crippen molar-refractivity contribution in [3.8, 4) is 0 Å². The number of benzene rings is 2. The van der Waals surface area contributed by atoms with Crippen molar-refractivity contribution in [1.82, 2.24) is 10.2 Å². The van der Waals surface area contributed by atoms with E-state index in [9.17, 15) is 9.59 Å². The summed E-state index contributed by atoms with van der Waals surface area (Å²) in [6.45, 7) is 6.12. The smallest absolute Gasteiger partial charge is 0.243 e. The van der Waals surface area contributed by atoms with Crippen molar-refractivity contribution in [2.75, 3.05) is 0 Å². The maximum Gasteiger partial charge on any atom is 0.243 e. The first-order chi connectivity index (χ1) is 12.5. The van der Waals surface area contributed by atoms with E-state index in [0.717, 1.165) is 11.1 Å². The summed E-state index contributed by atoms with van der Waals surface area (Å²) in [5.74, 6) is -0.129. The summed E-state index contributed by atoms with van der Waals surface area (Å²) >= 11 is 0.